The minimum absolute atomic E-state index is 0.143. The quantitative estimate of drug-likeness (QED) is 0.467. The first-order valence-electron chi connectivity index (χ1n) is 7.90. The van der Waals surface area contributed by atoms with Gasteiger partial charge in [0, 0.05) is 3.57 Å². The summed E-state index contributed by atoms with van der Waals surface area (Å²) < 4.78 is 2.75. The second-order valence-electron chi connectivity index (χ2n) is 5.89. The van der Waals surface area contributed by atoms with Gasteiger partial charge in [-0.3, -0.25) is 9.48 Å². The van der Waals surface area contributed by atoms with Gasteiger partial charge < -0.3 is 5.32 Å². The molecule has 4 nitrogen and oxygen atoms in total. The first-order valence-corrected chi connectivity index (χ1v) is 9.74. The van der Waals surface area contributed by atoms with Crippen LogP contribution in [0.1, 0.15) is 27.3 Å². The van der Waals surface area contributed by atoms with Crippen LogP contribution in [0.3, 0.4) is 0 Å². The number of benzene rings is 2. The van der Waals surface area contributed by atoms with Gasteiger partial charge in [0.2, 0.25) is 0 Å². The fourth-order valence-electron chi connectivity index (χ4n) is 2.67. The molecule has 0 aliphatic heterocycles. The van der Waals surface area contributed by atoms with E-state index in [2.05, 4.69) is 33.0 Å². The van der Waals surface area contributed by atoms with Gasteiger partial charge in [0.25, 0.3) is 5.91 Å². The van der Waals surface area contributed by atoms with Crippen LogP contribution in [0.2, 0.25) is 10.0 Å². The molecule has 1 amide bonds. The Hall–Kier alpha value is -1.57. The van der Waals surface area contributed by atoms with Crippen molar-refractivity contribution in [1.82, 2.24) is 9.78 Å². The monoisotopic (exact) mass is 499 g/mol. The molecule has 3 aromatic rings. The summed E-state index contributed by atoms with van der Waals surface area (Å²) in [5.74, 6) is -0.143. The molecule has 26 heavy (non-hydrogen) atoms. The van der Waals surface area contributed by atoms with Gasteiger partial charge in [-0.25, -0.2) is 0 Å². The largest absolute Gasteiger partial charge is 0.319 e. The Morgan fingerprint density at radius 2 is 1.88 bits per heavy atom. The van der Waals surface area contributed by atoms with Gasteiger partial charge in [0.1, 0.15) is 0 Å². The maximum Gasteiger partial charge on any atom is 0.256 e. The summed E-state index contributed by atoms with van der Waals surface area (Å²) in [6.07, 6.45) is 0. The zero-order valence-electron chi connectivity index (χ0n) is 14.2. The third kappa shape index (κ3) is 4.05. The van der Waals surface area contributed by atoms with E-state index in [1.807, 2.05) is 54.9 Å². The fraction of sp³-hybridized carbons (Fsp3) is 0.158. The van der Waals surface area contributed by atoms with Gasteiger partial charge in [-0.05, 0) is 66.3 Å². The van der Waals surface area contributed by atoms with Gasteiger partial charge in [0.05, 0.1) is 39.2 Å². The number of rotatable bonds is 4. The summed E-state index contributed by atoms with van der Waals surface area (Å²) in [7, 11) is 0. The number of halogens is 3. The summed E-state index contributed by atoms with van der Waals surface area (Å²) in [6.45, 7) is 4.36. The minimum atomic E-state index is -0.143. The van der Waals surface area contributed by atoms with Crippen LogP contribution >= 0.6 is 45.8 Å². The van der Waals surface area contributed by atoms with Crippen LogP contribution in [-0.2, 0) is 6.54 Å². The highest BCUT2D eigenvalue weighted by Crippen LogP contribution is 2.25. The summed E-state index contributed by atoms with van der Waals surface area (Å²) in [4.78, 5) is 12.6. The van der Waals surface area contributed by atoms with Crippen molar-refractivity contribution in [3.63, 3.8) is 0 Å². The minimum Gasteiger partial charge on any atom is -0.319 e. The van der Waals surface area contributed by atoms with Crippen LogP contribution < -0.4 is 5.32 Å². The lowest BCUT2D eigenvalue weighted by molar-refractivity contribution is 0.102. The molecule has 2 aromatic carbocycles. The van der Waals surface area contributed by atoms with Gasteiger partial charge in [-0.1, -0.05) is 41.4 Å². The fourth-order valence-corrected chi connectivity index (χ4v) is 3.62. The molecular formula is C19H16Cl2IN3O. The molecule has 1 aromatic heterocycles. The average molecular weight is 500 g/mol. The molecule has 0 aliphatic rings. The second-order valence-corrected chi connectivity index (χ2v) is 7.86. The van der Waals surface area contributed by atoms with E-state index in [0.717, 1.165) is 26.2 Å². The molecule has 1 N–H and O–H groups in total. The number of nitrogens with zero attached hydrogens (tertiary/aromatic N) is 2. The first kappa shape index (κ1) is 19.2. The molecule has 0 atom stereocenters. The van der Waals surface area contributed by atoms with E-state index in [1.165, 1.54) is 0 Å². The summed E-state index contributed by atoms with van der Waals surface area (Å²) in [6, 6.07) is 13.0. The number of nitrogens with one attached hydrogen (secondary N) is 1. The van der Waals surface area contributed by atoms with Gasteiger partial charge in [0.15, 0.2) is 0 Å². The molecule has 0 spiro atoms. The van der Waals surface area contributed by atoms with E-state index in [9.17, 15) is 4.79 Å². The predicted molar refractivity (Wildman–Crippen MR) is 114 cm³/mol. The second kappa shape index (κ2) is 7.98. The highest BCUT2D eigenvalue weighted by molar-refractivity contribution is 14.1. The molecular weight excluding hydrogens is 484 g/mol. The zero-order chi connectivity index (χ0) is 18.8. The first-order chi connectivity index (χ1) is 12.4. The molecule has 3 rings (SSSR count). The molecule has 1 heterocycles. The molecule has 0 fully saturated rings. The Morgan fingerprint density at radius 1 is 1.15 bits per heavy atom. The SMILES string of the molecule is Cc1nn(Cc2ccc(Cl)c(Cl)c2)c(C)c1NC(=O)c1ccccc1I. The van der Waals surface area contributed by atoms with Crippen molar-refractivity contribution < 1.29 is 4.79 Å². The normalized spacial score (nSPS) is 10.8. The number of carbonyl (C=O) groups is 1. The Morgan fingerprint density at radius 3 is 2.58 bits per heavy atom. The Balaban J connectivity index is 1.85. The highest BCUT2D eigenvalue weighted by atomic mass is 127. The Bertz CT molecular complexity index is 985. The summed E-state index contributed by atoms with van der Waals surface area (Å²) in [5, 5.41) is 8.57. The predicted octanol–water partition coefficient (Wildman–Crippen LogP) is 5.71. The summed E-state index contributed by atoms with van der Waals surface area (Å²) in [5.41, 5.74) is 4.01. The number of aryl methyl sites for hydroxylation is 1. The molecule has 0 bridgehead atoms. The maximum atomic E-state index is 12.6. The van der Waals surface area contributed by atoms with Crippen LogP contribution in [0.5, 0.6) is 0 Å². The van der Waals surface area contributed by atoms with E-state index in [1.54, 1.807) is 6.07 Å². The van der Waals surface area contributed by atoms with Crippen molar-refractivity contribution in [2.45, 2.75) is 20.4 Å². The number of hydrogen-bond donors (Lipinski definition) is 1. The molecule has 0 radical (unpaired) electrons. The molecule has 0 unspecified atom stereocenters. The van der Waals surface area contributed by atoms with Crippen LogP contribution in [0.15, 0.2) is 42.5 Å². The lowest BCUT2D eigenvalue weighted by Crippen LogP contribution is -2.14. The average Bonchev–Trinajstić information content (AvgIpc) is 2.86. The lowest BCUT2D eigenvalue weighted by Gasteiger charge is -2.09. The van der Waals surface area contributed by atoms with E-state index in [-0.39, 0.29) is 5.91 Å². The smallest absolute Gasteiger partial charge is 0.256 e. The van der Waals surface area contributed by atoms with E-state index in [0.29, 0.717) is 22.2 Å². The van der Waals surface area contributed by atoms with Crippen molar-refractivity contribution in [3.05, 3.63) is 78.6 Å². The van der Waals surface area contributed by atoms with Crippen LogP contribution in [0.4, 0.5) is 5.69 Å². The topological polar surface area (TPSA) is 46.9 Å². The van der Waals surface area contributed by atoms with Crippen molar-refractivity contribution in [3.8, 4) is 0 Å². The summed E-state index contributed by atoms with van der Waals surface area (Å²) >= 11 is 14.2. The number of amides is 1. The van der Waals surface area contributed by atoms with E-state index >= 15 is 0 Å². The number of hydrogen-bond acceptors (Lipinski definition) is 2. The molecule has 134 valence electrons. The number of aromatic nitrogens is 2. The maximum absolute atomic E-state index is 12.6. The molecule has 0 aliphatic carbocycles. The third-order valence-corrected chi connectivity index (χ3v) is 5.73. The van der Waals surface area contributed by atoms with Gasteiger partial charge in [-0.15, -0.1) is 0 Å². The van der Waals surface area contributed by atoms with Crippen LogP contribution in [0, 0.1) is 17.4 Å². The van der Waals surface area contributed by atoms with E-state index in [4.69, 9.17) is 23.2 Å². The number of carbonyl (C=O) groups excluding carboxylic acids is 1. The van der Waals surface area contributed by atoms with Gasteiger partial charge in [-0.2, -0.15) is 5.10 Å². The molecule has 7 heteroatoms. The van der Waals surface area contributed by atoms with E-state index < -0.39 is 0 Å². The Kier molecular flexibility index (Phi) is 5.89. The highest BCUT2D eigenvalue weighted by Gasteiger charge is 2.17. The van der Waals surface area contributed by atoms with Crippen molar-refractivity contribution in [2.75, 3.05) is 5.32 Å². The molecule has 0 saturated heterocycles. The van der Waals surface area contributed by atoms with Crippen molar-refractivity contribution in [1.29, 1.82) is 0 Å². The Labute approximate surface area is 175 Å². The zero-order valence-corrected chi connectivity index (χ0v) is 17.9. The third-order valence-electron chi connectivity index (χ3n) is 4.05. The van der Waals surface area contributed by atoms with Crippen molar-refractivity contribution in [2.24, 2.45) is 0 Å². The van der Waals surface area contributed by atoms with Crippen LogP contribution in [0.25, 0.3) is 0 Å². The standard InChI is InChI=1S/C19H16Cl2IN3O/c1-11-18(23-19(26)14-5-3-4-6-17(14)22)12(2)25(24-11)10-13-7-8-15(20)16(21)9-13/h3-9H,10H2,1-2H3,(H,23,26). The van der Waals surface area contributed by atoms with Gasteiger partial charge >= 0.3 is 0 Å². The number of anilines is 1. The molecule has 0 saturated carbocycles. The van der Waals surface area contributed by atoms with Crippen molar-refractivity contribution >= 4 is 57.4 Å². The van der Waals surface area contributed by atoms with Crippen LogP contribution in [-0.4, -0.2) is 15.7 Å². The lowest BCUT2D eigenvalue weighted by atomic mass is 10.2.